The van der Waals surface area contributed by atoms with Crippen molar-refractivity contribution >= 4 is 29.0 Å². The molecule has 0 aliphatic rings. The lowest BCUT2D eigenvalue weighted by molar-refractivity contribution is -0.122. The maximum absolute atomic E-state index is 12.9. The fourth-order valence-corrected chi connectivity index (χ4v) is 3.04. The van der Waals surface area contributed by atoms with Crippen molar-refractivity contribution in [1.82, 2.24) is 0 Å². The molecule has 0 spiro atoms. The van der Waals surface area contributed by atoms with Gasteiger partial charge in [0.1, 0.15) is 5.75 Å². The Hall–Kier alpha value is -3.11. The van der Waals surface area contributed by atoms with Crippen molar-refractivity contribution in [1.29, 1.82) is 0 Å². The highest BCUT2D eigenvalue weighted by atomic mass is 35.5. The predicted molar refractivity (Wildman–Crippen MR) is 116 cm³/mol. The van der Waals surface area contributed by atoms with E-state index in [-0.39, 0.29) is 11.7 Å². The highest BCUT2D eigenvalue weighted by molar-refractivity contribution is 6.31. The molecule has 5 heteroatoms. The van der Waals surface area contributed by atoms with Crippen LogP contribution in [0, 0.1) is 6.92 Å². The molecule has 1 atom stereocenters. The highest BCUT2D eigenvalue weighted by Gasteiger charge is 2.21. The van der Waals surface area contributed by atoms with Gasteiger partial charge >= 0.3 is 0 Å². The molecule has 1 N–H and O–H groups in total. The van der Waals surface area contributed by atoms with Crippen LogP contribution in [-0.2, 0) is 4.79 Å². The minimum Gasteiger partial charge on any atom is -0.481 e. The molecule has 0 fully saturated rings. The van der Waals surface area contributed by atoms with Gasteiger partial charge in [-0.1, -0.05) is 61.0 Å². The summed E-state index contributed by atoms with van der Waals surface area (Å²) in [5.41, 5.74) is 2.33. The zero-order chi connectivity index (χ0) is 20.8. The molecule has 0 heterocycles. The molecular formula is C24H22ClNO3. The molecule has 29 heavy (non-hydrogen) atoms. The Morgan fingerprint density at radius 1 is 1.00 bits per heavy atom. The number of halogens is 1. The summed E-state index contributed by atoms with van der Waals surface area (Å²) >= 11 is 6.05. The number of para-hydroxylation sites is 1. The van der Waals surface area contributed by atoms with Crippen molar-refractivity contribution in [3.05, 3.63) is 94.5 Å². The number of benzene rings is 3. The van der Waals surface area contributed by atoms with Gasteiger partial charge in [0.15, 0.2) is 11.9 Å². The molecule has 0 aromatic heterocycles. The van der Waals surface area contributed by atoms with Crippen LogP contribution >= 0.6 is 11.6 Å². The highest BCUT2D eigenvalue weighted by Crippen LogP contribution is 2.24. The topological polar surface area (TPSA) is 55.4 Å². The number of carbonyl (C=O) groups excluding carboxylic acids is 2. The number of hydrogen-bond acceptors (Lipinski definition) is 3. The summed E-state index contributed by atoms with van der Waals surface area (Å²) in [7, 11) is 0. The molecular weight excluding hydrogens is 386 g/mol. The third kappa shape index (κ3) is 5.04. The third-order valence-electron chi connectivity index (χ3n) is 4.54. The smallest absolute Gasteiger partial charge is 0.265 e. The van der Waals surface area contributed by atoms with Crippen LogP contribution < -0.4 is 10.1 Å². The van der Waals surface area contributed by atoms with E-state index in [1.165, 1.54) is 0 Å². The Morgan fingerprint density at radius 3 is 2.38 bits per heavy atom. The number of nitrogens with one attached hydrogen (secondary N) is 1. The molecule has 148 valence electrons. The van der Waals surface area contributed by atoms with Gasteiger partial charge in [-0.2, -0.15) is 0 Å². The maximum Gasteiger partial charge on any atom is 0.265 e. The zero-order valence-electron chi connectivity index (χ0n) is 16.3. The number of ketones is 1. The minimum absolute atomic E-state index is 0.149. The van der Waals surface area contributed by atoms with Crippen LogP contribution in [0.1, 0.15) is 34.8 Å². The van der Waals surface area contributed by atoms with Crippen molar-refractivity contribution in [2.45, 2.75) is 26.4 Å². The van der Waals surface area contributed by atoms with Crippen LogP contribution in [0.15, 0.2) is 72.8 Å². The van der Waals surface area contributed by atoms with Gasteiger partial charge in [0, 0.05) is 16.1 Å². The first-order valence-corrected chi connectivity index (χ1v) is 9.80. The standard InChI is InChI=1S/C24H22ClNO3/c1-3-22(29-18-13-14-20(25)16(2)15-18)24(28)26-21-12-8-7-11-19(21)23(27)17-9-5-4-6-10-17/h4-15,22H,3H2,1-2H3,(H,26,28). The molecule has 3 aromatic rings. The molecule has 0 bridgehead atoms. The largest absolute Gasteiger partial charge is 0.481 e. The van der Waals surface area contributed by atoms with Crippen LogP contribution in [0.5, 0.6) is 5.75 Å². The summed E-state index contributed by atoms with van der Waals surface area (Å²) in [4.78, 5) is 25.7. The molecule has 3 aromatic carbocycles. The van der Waals surface area contributed by atoms with Gasteiger partial charge in [-0.25, -0.2) is 0 Å². The summed E-state index contributed by atoms with van der Waals surface area (Å²) in [5, 5.41) is 3.49. The first-order valence-electron chi connectivity index (χ1n) is 9.42. The number of hydrogen-bond donors (Lipinski definition) is 1. The number of amides is 1. The van der Waals surface area contributed by atoms with Crippen LogP contribution in [0.2, 0.25) is 5.02 Å². The first kappa shape index (κ1) is 20.6. The number of aryl methyl sites for hydroxylation is 1. The van der Waals surface area contributed by atoms with E-state index in [1.807, 2.05) is 32.0 Å². The van der Waals surface area contributed by atoms with Crippen molar-refractivity contribution in [2.24, 2.45) is 0 Å². The summed E-state index contributed by atoms with van der Waals surface area (Å²) < 4.78 is 5.86. The molecule has 3 rings (SSSR count). The van der Waals surface area contributed by atoms with Crippen LogP contribution in [0.25, 0.3) is 0 Å². The van der Waals surface area contributed by atoms with Gasteiger partial charge in [0.25, 0.3) is 5.91 Å². The lowest BCUT2D eigenvalue weighted by Gasteiger charge is -2.19. The van der Waals surface area contributed by atoms with Gasteiger partial charge in [-0.05, 0) is 49.2 Å². The lowest BCUT2D eigenvalue weighted by Crippen LogP contribution is -2.33. The number of anilines is 1. The van der Waals surface area contributed by atoms with Crippen molar-refractivity contribution in [3.8, 4) is 5.75 Å². The normalized spacial score (nSPS) is 11.6. The molecule has 1 unspecified atom stereocenters. The Labute approximate surface area is 175 Å². The van der Waals surface area contributed by atoms with Gasteiger partial charge in [0.2, 0.25) is 0 Å². The van der Waals surface area contributed by atoms with Crippen molar-refractivity contribution < 1.29 is 14.3 Å². The summed E-state index contributed by atoms with van der Waals surface area (Å²) in [5.74, 6) is 0.111. The van der Waals surface area contributed by atoms with E-state index < -0.39 is 6.10 Å². The number of ether oxygens (including phenoxy) is 1. The fraction of sp³-hybridized carbons (Fsp3) is 0.167. The Morgan fingerprint density at radius 2 is 1.69 bits per heavy atom. The predicted octanol–water partition coefficient (Wildman–Crippen LogP) is 5.68. The van der Waals surface area contributed by atoms with Crippen LogP contribution in [-0.4, -0.2) is 17.8 Å². The third-order valence-corrected chi connectivity index (χ3v) is 4.96. The molecule has 0 aliphatic heterocycles. The van der Waals surface area contributed by atoms with E-state index in [9.17, 15) is 9.59 Å². The Kier molecular flexibility index (Phi) is 6.68. The minimum atomic E-state index is -0.699. The van der Waals surface area contributed by atoms with E-state index >= 15 is 0 Å². The van der Waals surface area contributed by atoms with E-state index in [1.54, 1.807) is 54.6 Å². The average molecular weight is 408 g/mol. The fourth-order valence-electron chi connectivity index (χ4n) is 2.93. The molecule has 0 radical (unpaired) electrons. The van der Waals surface area contributed by atoms with E-state index in [4.69, 9.17) is 16.3 Å². The second-order valence-corrected chi connectivity index (χ2v) is 7.06. The molecule has 4 nitrogen and oxygen atoms in total. The van der Waals surface area contributed by atoms with Crippen molar-refractivity contribution in [2.75, 3.05) is 5.32 Å². The Balaban J connectivity index is 1.79. The van der Waals surface area contributed by atoms with Gasteiger partial charge in [0.05, 0.1) is 5.69 Å². The quantitative estimate of drug-likeness (QED) is 0.513. The van der Waals surface area contributed by atoms with E-state index in [0.29, 0.717) is 34.0 Å². The molecule has 1 amide bonds. The monoisotopic (exact) mass is 407 g/mol. The van der Waals surface area contributed by atoms with Crippen LogP contribution in [0.4, 0.5) is 5.69 Å². The molecule has 0 aliphatic carbocycles. The number of carbonyl (C=O) groups is 2. The second-order valence-electron chi connectivity index (χ2n) is 6.66. The molecule has 0 saturated heterocycles. The van der Waals surface area contributed by atoms with Crippen molar-refractivity contribution in [3.63, 3.8) is 0 Å². The second kappa shape index (κ2) is 9.39. The van der Waals surface area contributed by atoms with Gasteiger partial charge < -0.3 is 10.1 Å². The van der Waals surface area contributed by atoms with E-state index in [0.717, 1.165) is 5.56 Å². The summed E-state index contributed by atoms with van der Waals surface area (Å²) in [6.45, 7) is 3.75. The van der Waals surface area contributed by atoms with E-state index in [2.05, 4.69) is 5.32 Å². The Bertz CT molecular complexity index is 1020. The SMILES string of the molecule is CCC(Oc1ccc(Cl)c(C)c1)C(=O)Nc1ccccc1C(=O)c1ccccc1. The maximum atomic E-state index is 12.9. The number of rotatable bonds is 7. The average Bonchev–Trinajstić information content (AvgIpc) is 2.75. The first-order chi connectivity index (χ1) is 14.0. The van der Waals surface area contributed by atoms with Crippen LogP contribution in [0.3, 0.4) is 0 Å². The summed E-state index contributed by atoms with van der Waals surface area (Å²) in [6.07, 6.45) is -0.224. The van der Waals surface area contributed by atoms with Gasteiger partial charge in [-0.15, -0.1) is 0 Å². The van der Waals surface area contributed by atoms with Gasteiger partial charge in [-0.3, -0.25) is 9.59 Å². The summed E-state index contributed by atoms with van der Waals surface area (Å²) in [6, 6.07) is 21.2. The lowest BCUT2D eigenvalue weighted by atomic mass is 10.0. The zero-order valence-corrected chi connectivity index (χ0v) is 17.1. The molecule has 0 saturated carbocycles.